The van der Waals surface area contributed by atoms with E-state index in [1.165, 1.54) is 6.42 Å². The molecule has 0 aromatic carbocycles. The molecule has 0 saturated heterocycles. The van der Waals surface area contributed by atoms with Crippen LogP contribution < -0.4 is 0 Å². The average Bonchev–Trinajstić information content (AvgIpc) is 1.85. The molecule has 11 heavy (non-hydrogen) atoms. The van der Waals surface area contributed by atoms with E-state index in [1.54, 1.807) is 0 Å². The molecular formula is C9H20OS. The van der Waals surface area contributed by atoms with Crippen LogP contribution in [0.3, 0.4) is 0 Å². The van der Waals surface area contributed by atoms with Gasteiger partial charge in [0.1, 0.15) is 0 Å². The largest absolute Gasteiger partial charge is 0.390 e. The molecule has 0 aliphatic carbocycles. The minimum absolute atomic E-state index is 0.486. The third-order valence-electron chi connectivity index (χ3n) is 1.69. The maximum atomic E-state index is 9.39. The van der Waals surface area contributed by atoms with Gasteiger partial charge < -0.3 is 5.11 Å². The van der Waals surface area contributed by atoms with Gasteiger partial charge in [0.05, 0.1) is 5.60 Å². The first kappa shape index (κ1) is 11.3. The van der Waals surface area contributed by atoms with Crippen molar-refractivity contribution in [2.24, 2.45) is 0 Å². The molecule has 2 heteroatoms. The molecule has 1 unspecified atom stereocenters. The Hall–Kier alpha value is 0.310. The van der Waals surface area contributed by atoms with E-state index in [9.17, 15) is 5.11 Å². The number of rotatable bonds is 5. The molecule has 0 aromatic heterocycles. The Labute approximate surface area is 74.6 Å². The Morgan fingerprint density at radius 2 is 2.00 bits per heavy atom. The fourth-order valence-electron chi connectivity index (χ4n) is 0.628. The second-order valence-corrected chi connectivity index (χ2v) is 5.20. The van der Waals surface area contributed by atoms with Crippen LogP contribution in [0.15, 0.2) is 0 Å². The lowest BCUT2D eigenvalue weighted by Crippen LogP contribution is -2.19. The number of hydrogen-bond donors (Lipinski definition) is 1. The van der Waals surface area contributed by atoms with Gasteiger partial charge in [-0.15, -0.1) is 0 Å². The summed E-state index contributed by atoms with van der Waals surface area (Å²) in [6.45, 7) is 8.16. The van der Waals surface area contributed by atoms with Crippen LogP contribution in [0.1, 0.15) is 40.5 Å². The van der Waals surface area contributed by atoms with E-state index in [0.29, 0.717) is 0 Å². The summed E-state index contributed by atoms with van der Waals surface area (Å²) < 4.78 is 0. The van der Waals surface area contributed by atoms with Gasteiger partial charge in [-0.05, 0) is 32.4 Å². The van der Waals surface area contributed by atoms with Gasteiger partial charge in [-0.25, -0.2) is 0 Å². The first-order valence-electron chi connectivity index (χ1n) is 4.29. The second kappa shape index (κ2) is 5.04. The molecule has 0 aliphatic heterocycles. The van der Waals surface area contributed by atoms with Crippen molar-refractivity contribution in [3.8, 4) is 0 Å². The van der Waals surface area contributed by atoms with Crippen LogP contribution in [0.2, 0.25) is 0 Å². The first-order chi connectivity index (χ1) is 4.95. The monoisotopic (exact) mass is 176 g/mol. The summed E-state index contributed by atoms with van der Waals surface area (Å²) in [5, 5.41) is 10.1. The highest BCUT2D eigenvalue weighted by molar-refractivity contribution is 7.99. The summed E-state index contributed by atoms with van der Waals surface area (Å²) in [6, 6.07) is 0. The lowest BCUT2D eigenvalue weighted by molar-refractivity contribution is 0.0777. The van der Waals surface area contributed by atoms with Crippen LogP contribution in [-0.4, -0.2) is 21.7 Å². The van der Waals surface area contributed by atoms with Crippen LogP contribution in [0.4, 0.5) is 0 Å². The summed E-state index contributed by atoms with van der Waals surface area (Å²) in [7, 11) is 0. The molecular weight excluding hydrogens is 156 g/mol. The van der Waals surface area contributed by atoms with E-state index >= 15 is 0 Å². The normalized spacial score (nSPS) is 15.0. The maximum absolute atomic E-state index is 9.39. The van der Waals surface area contributed by atoms with E-state index in [2.05, 4.69) is 13.8 Å². The molecule has 0 bridgehead atoms. The van der Waals surface area contributed by atoms with Gasteiger partial charge in [0.15, 0.2) is 0 Å². The van der Waals surface area contributed by atoms with Crippen molar-refractivity contribution < 1.29 is 5.11 Å². The Bertz CT molecular complexity index is 96.2. The zero-order chi connectivity index (χ0) is 8.91. The third kappa shape index (κ3) is 8.21. The van der Waals surface area contributed by atoms with Gasteiger partial charge in [0.2, 0.25) is 0 Å². The van der Waals surface area contributed by atoms with Crippen molar-refractivity contribution in [2.45, 2.75) is 51.4 Å². The Morgan fingerprint density at radius 1 is 1.45 bits per heavy atom. The zero-order valence-corrected chi connectivity index (χ0v) is 8.87. The van der Waals surface area contributed by atoms with Gasteiger partial charge in [-0.3, -0.25) is 0 Å². The minimum atomic E-state index is -0.486. The first-order valence-corrected chi connectivity index (χ1v) is 5.34. The van der Waals surface area contributed by atoms with Crippen LogP contribution in [0.25, 0.3) is 0 Å². The quantitative estimate of drug-likeness (QED) is 0.695. The van der Waals surface area contributed by atoms with Crippen molar-refractivity contribution >= 4 is 11.8 Å². The highest BCUT2D eigenvalue weighted by Crippen LogP contribution is 2.18. The standard InChI is InChI=1S/C9H20OS/c1-5-8(2)11-7-6-9(3,4)10/h8,10H,5-7H2,1-4H3. The van der Waals surface area contributed by atoms with E-state index in [4.69, 9.17) is 0 Å². The van der Waals surface area contributed by atoms with Gasteiger partial charge in [0, 0.05) is 5.25 Å². The Kier molecular flexibility index (Phi) is 5.19. The van der Waals surface area contributed by atoms with Crippen molar-refractivity contribution in [1.29, 1.82) is 0 Å². The van der Waals surface area contributed by atoms with E-state index in [-0.39, 0.29) is 0 Å². The molecule has 0 radical (unpaired) electrons. The highest BCUT2D eigenvalue weighted by Gasteiger charge is 2.12. The predicted molar refractivity (Wildman–Crippen MR) is 53.1 cm³/mol. The topological polar surface area (TPSA) is 20.2 Å². The smallest absolute Gasteiger partial charge is 0.0599 e. The van der Waals surface area contributed by atoms with Crippen molar-refractivity contribution in [3.63, 3.8) is 0 Å². The SMILES string of the molecule is CCC(C)SCCC(C)(C)O. The molecule has 1 nitrogen and oxygen atoms in total. The molecule has 0 rings (SSSR count). The lowest BCUT2D eigenvalue weighted by atomic mass is 10.1. The highest BCUT2D eigenvalue weighted by atomic mass is 32.2. The zero-order valence-electron chi connectivity index (χ0n) is 8.05. The predicted octanol–water partition coefficient (Wildman–Crippen LogP) is 2.68. The van der Waals surface area contributed by atoms with E-state index < -0.39 is 5.60 Å². The molecule has 0 aliphatic rings. The fraction of sp³-hybridized carbons (Fsp3) is 1.00. The van der Waals surface area contributed by atoms with Crippen molar-refractivity contribution in [3.05, 3.63) is 0 Å². The summed E-state index contributed by atoms with van der Waals surface area (Å²) in [5.41, 5.74) is -0.486. The number of aliphatic hydroxyl groups is 1. The van der Waals surface area contributed by atoms with Gasteiger partial charge in [0.25, 0.3) is 0 Å². The van der Waals surface area contributed by atoms with Crippen LogP contribution in [-0.2, 0) is 0 Å². The summed E-state index contributed by atoms with van der Waals surface area (Å²) in [6.07, 6.45) is 2.11. The van der Waals surface area contributed by atoms with Crippen LogP contribution in [0, 0.1) is 0 Å². The van der Waals surface area contributed by atoms with Crippen LogP contribution >= 0.6 is 11.8 Å². The third-order valence-corrected chi connectivity index (χ3v) is 3.03. The molecule has 68 valence electrons. The van der Waals surface area contributed by atoms with Gasteiger partial charge in [-0.2, -0.15) is 11.8 Å². The number of thioether (sulfide) groups is 1. The molecule has 0 fully saturated rings. The second-order valence-electron chi connectivity index (χ2n) is 3.65. The van der Waals surface area contributed by atoms with Crippen molar-refractivity contribution in [2.75, 3.05) is 5.75 Å². The van der Waals surface area contributed by atoms with Crippen LogP contribution in [0.5, 0.6) is 0 Å². The molecule has 1 N–H and O–H groups in total. The molecule has 1 atom stereocenters. The maximum Gasteiger partial charge on any atom is 0.0599 e. The summed E-state index contributed by atoms with van der Waals surface area (Å²) in [5.74, 6) is 1.07. The Balaban J connectivity index is 3.28. The van der Waals surface area contributed by atoms with Gasteiger partial charge in [-0.1, -0.05) is 13.8 Å². The van der Waals surface area contributed by atoms with E-state index in [0.717, 1.165) is 17.4 Å². The lowest BCUT2D eigenvalue weighted by Gasteiger charge is -2.17. The molecule has 0 aromatic rings. The molecule has 0 amide bonds. The summed E-state index contributed by atoms with van der Waals surface area (Å²) in [4.78, 5) is 0. The summed E-state index contributed by atoms with van der Waals surface area (Å²) >= 11 is 1.94. The van der Waals surface area contributed by atoms with Crippen molar-refractivity contribution in [1.82, 2.24) is 0 Å². The fourth-order valence-corrected chi connectivity index (χ4v) is 1.88. The van der Waals surface area contributed by atoms with E-state index in [1.807, 2.05) is 25.6 Å². The molecule has 0 saturated carbocycles. The minimum Gasteiger partial charge on any atom is -0.390 e. The van der Waals surface area contributed by atoms with Gasteiger partial charge >= 0.3 is 0 Å². The average molecular weight is 176 g/mol. The molecule has 0 spiro atoms. The Morgan fingerprint density at radius 3 is 2.36 bits per heavy atom. The number of hydrogen-bond acceptors (Lipinski definition) is 2. The molecule has 0 heterocycles.